The first-order valence-electron chi connectivity index (χ1n) is 6.06. The first-order valence-corrected chi connectivity index (χ1v) is 6.82. The number of aryl methyl sites for hydroxylation is 1. The smallest absolute Gasteiger partial charge is 0.224 e. The standard InChI is InChI=1S/C13H14Cl2N4O/c14-10-6-9(16)7-11(15)13(10)18-12(20)2-1-4-19-5-3-17-8-19/h3,5-8H,1-2,4,16H2,(H,18,20). The van der Waals surface area contributed by atoms with Gasteiger partial charge in [0, 0.05) is 31.0 Å². The highest BCUT2D eigenvalue weighted by atomic mass is 35.5. The molecule has 0 unspecified atom stereocenters. The van der Waals surface area contributed by atoms with Crippen molar-refractivity contribution >= 4 is 40.5 Å². The number of carbonyl (C=O) groups is 1. The fourth-order valence-electron chi connectivity index (χ4n) is 1.76. The number of carbonyl (C=O) groups excluding carboxylic acids is 1. The Balaban J connectivity index is 1.88. The number of hydrogen-bond acceptors (Lipinski definition) is 3. The van der Waals surface area contributed by atoms with Crippen molar-refractivity contribution in [3.8, 4) is 0 Å². The number of halogens is 2. The van der Waals surface area contributed by atoms with E-state index in [9.17, 15) is 4.79 Å². The lowest BCUT2D eigenvalue weighted by atomic mass is 10.2. The average molecular weight is 313 g/mol. The first kappa shape index (κ1) is 14.7. The van der Waals surface area contributed by atoms with E-state index in [-0.39, 0.29) is 5.91 Å². The number of aromatic nitrogens is 2. The summed E-state index contributed by atoms with van der Waals surface area (Å²) in [4.78, 5) is 15.8. The molecule has 0 saturated heterocycles. The number of nitrogens with two attached hydrogens (primary N) is 1. The van der Waals surface area contributed by atoms with Gasteiger partial charge in [0.15, 0.2) is 0 Å². The van der Waals surface area contributed by atoms with Gasteiger partial charge in [0.2, 0.25) is 5.91 Å². The highest BCUT2D eigenvalue weighted by molar-refractivity contribution is 6.40. The van der Waals surface area contributed by atoms with Crippen molar-refractivity contribution < 1.29 is 4.79 Å². The average Bonchev–Trinajstić information content (AvgIpc) is 2.87. The van der Waals surface area contributed by atoms with Crippen molar-refractivity contribution in [1.29, 1.82) is 0 Å². The molecule has 0 aliphatic carbocycles. The maximum Gasteiger partial charge on any atom is 0.224 e. The van der Waals surface area contributed by atoms with Crippen LogP contribution in [-0.4, -0.2) is 15.5 Å². The second-order valence-corrected chi connectivity index (χ2v) is 5.13. The summed E-state index contributed by atoms with van der Waals surface area (Å²) in [6, 6.07) is 3.10. The number of nitrogens with zero attached hydrogens (tertiary/aromatic N) is 2. The number of nitrogens with one attached hydrogen (secondary N) is 1. The van der Waals surface area contributed by atoms with Crippen molar-refractivity contribution in [2.24, 2.45) is 0 Å². The molecule has 0 atom stereocenters. The van der Waals surface area contributed by atoms with E-state index in [1.807, 2.05) is 10.8 Å². The second kappa shape index (κ2) is 6.63. The quantitative estimate of drug-likeness (QED) is 0.833. The fourth-order valence-corrected chi connectivity index (χ4v) is 2.35. The molecule has 0 radical (unpaired) electrons. The van der Waals surface area contributed by atoms with Gasteiger partial charge in [-0.15, -0.1) is 0 Å². The molecular weight excluding hydrogens is 299 g/mol. The van der Waals surface area contributed by atoms with Gasteiger partial charge in [0.25, 0.3) is 0 Å². The molecule has 20 heavy (non-hydrogen) atoms. The molecule has 5 nitrogen and oxygen atoms in total. The van der Waals surface area contributed by atoms with Gasteiger partial charge < -0.3 is 15.6 Å². The number of imidazole rings is 1. The molecule has 0 aliphatic heterocycles. The van der Waals surface area contributed by atoms with Crippen LogP contribution in [0, 0.1) is 0 Å². The van der Waals surface area contributed by atoms with Gasteiger partial charge in [0.1, 0.15) is 0 Å². The van der Waals surface area contributed by atoms with Crippen LogP contribution >= 0.6 is 23.2 Å². The first-order chi connectivity index (χ1) is 9.56. The van der Waals surface area contributed by atoms with Crippen LogP contribution in [0.1, 0.15) is 12.8 Å². The molecule has 3 N–H and O–H groups in total. The number of rotatable bonds is 5. The zero-order valence-electron chi connectivity index (χ0n) is 10.6. The van der Waals surface area contributed by atoms with E-state index < -0.39 is 0 Å². The molecule has 106 valence electrons. The van der Waals surface area contributed by atoms with Crippen molar-refractivity contribution in [1.82, 2.24) is 9.55 Å². The predicted molar refractivity (Wildman–Crippen MR) is 81.0 cm³/mol. The third kappa shape index (κ3) is 3.88. The maximum atomic E-state index is 11.8. The topological polar surface area (TPSA) is 72.9 Å². The predicted octanol–water partition coefficient (Wildman–Crippen LogP) is 3.19. The van der Waals surface area contributed by atoms with E-state index in [2.05, 4.69) is 10.3 Å². The zero-order chi connectivity index (χ0) is 14.5. The minimum Gasteiger partial charge on any atom is -0.399 e. The Morgan fingerprint density at radius 3 is 2.65 bits per heavy atom. The van der Waals surface area contributed by atoms with Crippen LogP contribution in [0.25, 0.3) is 0 Å². The van der Waals surface area contributed by atoms with Crippen LogP contribution in [0.3, 0.4) is 0 Å². The minimum absolute atomic E-state index is 0.140. The summed E-state index contributed by atoms with van der Waals surface area (Å²) in [7, 11) is 0. The Morgan fingerprint density at radius 1 is 1.35 bits per heavy atom. The minimum atomic E-state index is -0.140. The molecule has 2 aromatic rings. The Kier molecular flexibility index (Phi) is 4.87. The third-order valence-electron chi connectivity index (χ3n) is 2.71. The van der Waals surface area contributed by atoms with E-state index >= 15 is 0 Å². The molecule has 1 aromatic carbocycles. The third-order valence-corrected chi connectivity index (χ3v) is 3.30. The summed E-state index contributed by atoms with van der Waals surface area (Å²) < 4.78 is 1.91. The molecular formula is C13H14Cl2N4O. The van der Waals surface area contributed by atoms with Gasteiger partial charge in [-0.3, -0.25) is 4.79 Å². The van der Waals surface area contributed by atoms with Crippen molar-refractivity contribution in [2.45, 2.75) is 19.4 Å². The van der Waals surface area contributed by atoms with Gasteiger partial charge >= 0.3 is 0 Å². The summed E-state index contributed by atoms with van der Waals surface area (Å²) in [6.45, 7) is 0.733. The Morgan fingerprint density at radius 2 is 2.05 bits per heavy atom. The molecule has 1 heterocycles. The highest BCUT2D eigenvalue weighted by Crippen LogP contribution is 2.32. The lowest BCUT2D eigenvalue weighted by Crippen LogP contribution is -2.13. The largest absolute Gasteiger partial charge is 0.399 e. The summed E-state index contributed by atoms with van der Waals surface area (Å²) in [5, 5.41) is 3.37. The summed E-state index contributed by atoms with van der Waals surface area (Å²) in [6.07, 6.45) is 6.34. The number of hydrogen-bond donors (Lipinski definition) is 2. The van der Waals surface area contributed by atoms with E-state index in [0.29, 0.717) is 34.3 Å². The summed E-state index contributed by atoms with van der Waals surface area (Å²) in [5.74, 6) is -0.140. The van der Waals surface area contributed by atoms with Gasteiger partial charge in [-0.25, -0.2) is 4.98 Å². The molecule has 1 aromatic heterocycles. The SMILES string of the molecule is Nc1cc(Cl)c(NC(=O)CCCn2ccnc2)c(Cl)c1. The Bertz CT molecular complexity index is 575. The second-order valence-electron chi connectivity index (χ2n) is 4.31. The molecule has 0 aliphatic rings. The Hall–Kier alpha value is -1.72. The molecule has 0 saturated carbocycles. The van der Waals surface area contributed by atoms with Crippen LogP contribution in [0.4, 0.5) is 11.4 Å². The summed E-state index contributed by atoms with van der Waals surface area (Å²) in [5.41, 5.74) is 6.46. The number of benzene rings is 1. The molecule has 0 fully saturated rings. The van der Waals surface area contributed by atoms with Crippen molar-refractivity contribution in [3.05, 3.63) is 40.9 Å². The lowest BCUT2D eigenvalue weighted by Gasteiger charge is -2.10. The lowest BCUT2D eigenvalue weighted by molar-refractivity contribution is -0.116. The van der Waals surface area contributed by atoms with Crippen LogP contribution in [0.2, 0.25) is 10.0 Å². The van der Waals surface area contributed by atoms with Crippen LogP contribution in [0.15, 0.2) is 30.9 Å². The van der Waals surface area contributed by atoms with Gasteiger partial charge in [-0.1, -0.05) is 23.2 Å². The number of amides is 1. The van der Waals surface area contributed by atoms with Gasteiger partial charge in [-0.05, 0) is 18.6 Å². The molecule has 7 heteroatoms. The number of nitrogen functional groups attached to an aromatic ring is 1. The molecule has 0 bridgehead atoms. The van der Waals surface area contributed by atoms with E-state index in [1.165, 1.54) is 0 Å². The molecule has 1 amide bonds. The van der Waals surface area contributed by atoms with Crippen LogP contribution < -0.4 is 11.1 Å². The molecule has 0 spiro atoms. The van der Waals surface area contributed by atoms with Gasteiger partial charge in [-0.2, -0.15) is 0 Å². The maximum absolute atomic E-state index is 11.8. The fraction of sp³-hybridized carbons (Fsp3) is 0.231. The highest BCUT2D eigenvalue weighted by Gasteiger charge is 2.10. The van der Waals surface area contributed by atoms with Crippen molar-refractivity contribution in [3.63, 3.8) is 0 Å². The van der Waals surface area contributed by atoms with E-state index in [4.69, 9.17) is 28.9 Å². The van der Waals surface area contributed by atoms with Crippen LogP contribution in [0.5, 0.6) is 0 Å². The normalized spacial score (nSPS) is 10.5. The van der Waals surface area contributed by atoms with Crippen LogP contribution in [-0.2, 0) is 11.3 Å². The van der Waals surface area contributed by atoms with Crippen molar-refractivity contribution in [2.75, 3.05) is 11.1 Å². The number of anilines is 2. The monoisotopic (exact) mass is 312 g/mol. The zero-order valence-corrected chi connectivity index (χ0v) is 12.2. The molecule has 2 rings (SSSR count). The van der Waals surface area contributed by atoms with E-state index in [0.717, 1.165) is 6.54 Å². The van der Waals surface area contributed by atoms with E-state index in [1.54, 1.807) is 24.7 Å². The van der Waals surface area contributed by atoms with Gasteiger partial charge in [0.05, 0.1) is 22.1 Å². The Labute approximate surface area is 126 Å². The summed E-state index contributed by atoms with van der Waals surface area (Å²) >= 11 is 12.0.